The van der Waals surface area contributed by atoms with Crippen molar-refractivity contribution in [2.75, 3.05) is 13.1 Å². The van der Waals surface area contributed by atoms with Crippen LogP contribution < -0.4 is 0 Å². The zero-order valence-electron chi connectivity index (χ0n) is 13.0. The molecule has 2 rings (SSSR count). The summed E-state index contributed by atoms with van der Waals surface area (Å²) < 4.78 is 18.6. The number of carbonyl (C=O) groups excluding carboxylic acids is 1. The van der Waals surface area contributed by atoms with Crippen LogP contribution in [0.4, 0.5) is 9.18 Å². The van der Waals surface area contributed by atoms with Gasteiger partial charge in [-0.05, 0) is 38.5 Å². The second-order valence-electron chi connectivity index (χ2n) is 6.63. The number of hydrogen-bond acceptors (Lipinski definition) is 4. The predicted octanol–water partition coefficient (Wildman–Crippen LogP) is 2.02. The first-order chi connectivity index (χ1) is 10.1. The molecular formula is C16H22FNO4. The van der Waals surface area contributed by atoms with Crippen LogP contribution in [0.25, 0.3) is 0 Å². The summed E-state index contributed by atoms with van der Waals surface area (Å²) in [6.07, 6.45) is -1.64. The lowest BCUT2D eigenvalue weighted by Crippen LogP contribution is -2.55. The third kappa shape index (κ3) is 3.56. The van der Waals surface area contributed by atoms with E-state index in [1.165, 1.54) is 23.1 Å². The second kappa shape index (κ2) is 5.85. The number of carbonyl (C=O) groups is 1. The minimum atomic E-state index is -1.57. The van der Waals surface area contributed by atoms with Crippen molar-refractivity contribution in [3.8, 4) is 0 Å². The van der Waals surface area contributed by atoms with Crippen LogP contribution in [0, 0.1) is 5.82 Å². The van der Waals surface area contributed by atoms with Gasteiger partial charge in [0.25, 0.3) is 0 Å². The van der Waals surface area contributed by atoms with Gasteiger partial charge in [0.2, 0.25) is 0 Å². The molecule has 0 radical (unpaired) electrons. The molecule has 2 N–H and O–H groups in total. The van der Waals surface area contributed by atoms with Crippen LogP contribution >= 0.6 is 0 Å². The second-order valence-corrected chi connectivity index (χ2v) is 6.63. The molecule has 0 spiro atoms. The summed E-state index contributed by atoms with van der Waals surface area (Å²) in [5.74, 6) is -0.479. The highest BCUT2D eigenvalue weighted by Crippen LogP contribution is 2.33. The Bertz CT molecular complexity index is 557. The van der Waals surface area contributed by atoms with E-state index in [2.05, 4.69) is 0 Å². The van der Waals surface area contributed by atoms with Gasteiger partial charge < -0.3 is 19.8 Å². The fraction of sp³-hybridized carbons (Fsp3) is 0.562. The summed E-state index contributed by atoms with van der Waals surface area (Å²) in [4.78, 5) is 13.4. The molecule has 1 fully saturated rings. The lowest BCUT2D eigenvalue weighted by molar-refractivity contribution is -0.123. The van der Waals surface area contributed by atoms with Crippen molar-refractivity contribution in [1.82, 2.24) is 4.90 Å². The Balaban J connectivity index is 2.11. The Morgan fingerprint density at radius 2 is 2.14 bits per heavy atom. The fourth-order valence-corrected chi connectivity index (χ4v) is 2.51. The van der Waals surface area contributed by atoms with Crippen molar-refractivity contribution in [2.24, 2.45) is 0 Å². The maximum Gasteiger partial charge on any atom is 0.410 e. The zero-order valence-corrected chi connectivity index (χ0v) is 13.0. The van der Waals surface area contributed by atoms with E-state index in [1.54, 1.807) is 26.8 Å². The molecule has 1 aromatic rings. The van der Waals surface area contributed by atoms with Crippen molar-refractivity contribution in [1.29, 1.82) is 0 Å². The predicted molar refractivity (Wildman–Crippen MR) is 78.7 cm³/mol. The van der Waals surface area contributed by atoms with Crippen molar-refractivity contribution in [3.63, 3.8) is 0 Å². The Labute approximate surface area is 129 Å². The average molecular weight is 311 g/mol. The summed E-state index contributed by atoms with van der Waals surface area (Å²) in [5.41, 5.74) is -1.89. The summed E-state index contributed by atoms with van der Waals surface area (Å²) in [6.45, 7) is 5.43. The number of β-amino-alcohol motifs (C(OH)–C–C–N with tert-alkyl or cyclic N) is 1. The monoisotopic (exact) mass is 311 g/mol. The molecule has 0 aromatic heterocycles. The van der Waals surface area contributed by atoms with Crippen molar-refractivity contribution >= 4 is 6.09 Å². The minimum absolute atomic E-state index is 0.0675. The summed E-state index contributed by atoms with van der Waals surface area (Å²) in [7, 11) is 0. The van der Waals surface area contributed by atoms with Gasteiger partial charge in [-0.1, -0.05) is 12.1 Å². The minimum Gasteiger partial charge on any atom is -0.444 e. The molecule has 1 aromatic carbocycles. The Morgan fingerprint density at radius 1 is 1.45 bits per heavy atom. The molecule has 0 unspecified atom stereocenters. The van der Waals surface area contributed by atoms with E-state index in [0.29, 0.717) is 5.56 Å². The fourth-order valence-electron chi connectivity index (χ4n) is 2.51. The number of piperidine rings is 1. The van der Waals surface area contributed by atoms with E-state index in [-0.39, 0.29) is 19.5 Å². The molecule has 5 nitrogen and oxygen atoms in total. The van der Waals surface area contributed by atoms with E-state index in [9.17, 15) is 19.4 Å². The maximum absolute atomic E-state index is 13.3. The summed E-state index contributed by atoms with van der Waals surface area (Å²) in [6, 6.07) is 5.52. The quantitative estimate of drug-likeness (QED) is 0.832. The molecule has 2 atom stereocenters. The van der Waals surface area contributed by atoms with Crippen LogP contribution in [0.2, 0.25) is 0 Å². The first-order valence-electron chi connectivity index (χ1n) is 7.26. The standard InChI is InChI=1S/C16H22FNO4/c1-15(2,3)22-14(20)18-8-7-16(21,13(19)10-18)11-5-4-6-12(17)9-11/h4-6,9,13,19,21H,7-8,10H2,1-3H3/t13-,16-/m1/s1. The lowest BCUT2D eigenvalue weighted by atomic mass is 9.82. The Kier molecular flexibility index (Phi) is 4.44. The van der Waals surface area contributed by atoms with Crippen LogP contribution in [-0.4, -0.2) is 46.0 Å². The van der Waals surface area contributed by atoms with E-state index in [0.717, 1.165) is 0 Å². The number of nitrogens with zero attached hydrogens (tertiary/aromatic N) is 1. The average Bonchev–Trinajstić information content (AvgIpc) is 2.40. The molecule has 22 heavy (non-hydrogen) atoms. The molecule has 1 aliphatic heterocycles. The van der Waals surface area contributed by atoms with Crippen molar-refractivity contribution in [3.05, 3.63) is 35.6 Å². The maximum atomic E-state index is 13.3. The van der Waals surface area contributed by atoms with Crippen LogP contribution in [0.3, 0.4) is 0 Å². The number of benzene rings is 1. The number of halogens is 1. The van der Waals surface area contributed by atoms with Gasteiger partial charge in [0.1, 0.15) is 23.1 Å². The zero-order chi connectivity index (χ0) is 16.5. The van der Waals surface area contributed by atoms with Crippen LogP contribution in [-0.2, 0) is 10.3 Å². The van der Waals surface area contributed by atoms with Gasteiger partial charge in [0.15, 0.2) is 0 Å². The number of ether oxygens (including phenoxy) is 1. The highest BCUT2D eigenvalue weighted by atomic mass is 19.1. The highest BCUT2D eigenvalue weighted by Gasteiger charge is 2.44. The highest BCUT2D eigenvalue weighted by molar-refractivity contribution is 5.68. The number of aliphatic hydroxyl groups excluding tert-OH is 1. The number of amides is 1. The number of aliphatic hydroxyl groups is 2. The first kappa shape index (κ1) is 16.7. The molecular weight excluding hydrogens is 289 g/mol. The van der Waals surface area contributed by atoms with E-state index in [4.69, 9.17) is 4.74 Å². The van der Waals surface area contributed by atoms with Gasteiger partial charge in [-0.2, -0.15) is 0 Å². The lowest BCUT2D eigenvalue weighted by Gasteiger charge is -2.42. The van der Waals surface area contributed by atoms with Gasteiger partial charge in [-0.25, -0.2) is 9.18 Å². The van der Waals surface area contributed by atoms with Crippen LogP contribution in [0.1, 0.15) is 32.8 Å². The molecule has 1 saturated heterocycles. The van der Waals surface area contributed by atoms with E-state index in [1.807, 2.05) is 0 Å². The number of likely N-dealkylation sites (tertiary alicyclic amines) is 1. The molecule has 6 heteroatoms. The molecule has 1 heterocycles. The van der Waals surface area contributed by atoms with Gasteiger partial charge in [0.05, 0.1) is 6.54 Å². The third-order valence-corrected chi connectivity index (χ3v) is 3.68. The first-order valence-corrected chi connectivity index (χ1v) is 7.26. The van der Waals surface area contributed by atoms with Crippen molar-refractivity contribution in [2.45, 2.75) is 44.5 Å². The van der Waals surface area contributed by atoms with Gasteiger partial charge in [0, 0.05) is 13.0 Å². The number of hydrogen-bond donors (Lipinski definition) is 2. The summed E-state index contributed by atoms with van der Waals surface area (Å²) in [5, 5.41) is 20.9. The number of rotatable bonds is 1. The molecule has 122 valence electrons. The van der Waals surface area contributed by atoms with Crippen LogP contribution in [0.5, 0.6) is 0 Å². The van der Waals surface area contributed by atoms with Crippen molar-refractivity contribution < 1.29 is 24.1 Å². The molecule has 0 saturated carbocycles. The molecule has 0 bridgehead atoms. The van der Waals surface area contributed by atoms with Gasteiger partial charge >= 0.3 is 6.09 Å². The topological polar surface area (TPSA) is 70.0 Å². The third-order valence-electron chi connectivity index (χ3n) is 3.68. The summed E-state index contributed by atoms with van der Waals surface area (Å²) >= 11 is 0. The molecule has 0 aliphatic carbocycles. The Hall–Kier alpha value is -1.66. The smallest absolute Gasteiger partial charge is 0.410 e. The van der Waals surface area contributed by atoms with Crippen LogP contribution in [0.15, 0.2) is 24.3 Å². The van der Waals surface area contributed by atoms with Gasteiger partial charge in [-0.15, -0.1) is 0 Å². The normalized spacial score (nSPS) is 25.9. The molecule has 1 amide bonds. The Morgan fingerprint density at radius 3 is 2.68 bits per heavy atom. The largest absolute Gasteiger partial charge is 0.444 e. The molecule has 1 aliphatic rings. The van der Waals surface area contributed by atoms with E-state index >= 15 is 0 Å². The van der Waals surface area contributed by atoms with E-state index < -0.39 is 29.2 Å². The SMILES string of the molecule is CC(C)(C)OC(=O)N1CC[C@@](O)(c2cccc(F)c2)[C@H](O)C1. The van der Waals surface area contributed by atoms with Gasteiger partial charge in [-0.3, -0.25) is 0 Å².